The summed E-state index contributed by atoms with van der Waals surface area (Å²) in [4.78, 5) is 4.27. The van der Waals surface area contributed by atoms with E-state index >= 15 is 0 Å². The van der Waals surface area contributed by atoms with Crippen LogP contribution in [-0.4, -0.2) is 16.1 Å². The molecule has 0 radical (unpaired) electrons. The van der Waals surface area contributed by atoms with E-state index in [0.717, 1.165) is 13.1 Å². The van der Waals surface area contributed by atoms with Crippen molar-refractivity contribution >= 4 is 0 Å². The smallest absolute Gasteiger partial charge is 0.0948 e. The Morgan fingerprint density at radius 2 is 2.33 bits per heavy atom. The number of nitrogens with one attached hydrogen (secondary N) is 1. The molecule has 1 aromatic heterocycles. The summed E-state index contributed by atoms with van der Waals surface area (Å²) in [6.07, 6.45) is 6.50. The van der Waals surface area contributed by atoms with E-state index in [4.69, 9.17) is 0 Å². The summed E-state index contributed by atoms with van der Waals surface area (Å²) in [5.41, 5.74) is 1.66. The zero-order valence-electron chi connectivity index (χ0n) is 9.95. The first-order chi connectivity index (χ1) is 7.06. The predicted molar refractivity (Wildman–Crippen MR) is 61.7 cm³/mol. The Morgan fingerprint density at radius 3 is 2.93 bits per heavy atom. The third kappa shape index (κ3) is 2.59. The first-order valence-corrected chi connectivity index (χ1v) is 5.80. The molecule has 84 valence electrons. The van der Waals surface area contributed by atoms with Crippen LogP contribution in [0.5, 0.6) is 0 Å². The van der Waals surface area contributed by atoms with Crippen LogP contribution in [0.1, 0.15) is 45.3 Å². The summed E-state index contributed by atoms with van der Waals surface area (Å²) in [5, 5.41) is 3.52. The fourth-order valence-corrected chi connectivity index (χ4v) is 2.20. The van der Waals surface area contributed by atoms with Gasteiger partial charge < -0.3 is 9.88 Å². The van der Waals surface area contributed by atoms with Gasteiger partial charge in [0.15, 0.2) is 0 Å². The molecule has 0 amide bonds. The minimum absolute atomic E-state index is 0.314. The fraction of sp³-hybridized carbons (Fsp3) is 0.750. The standard InChI is InChI=1S/C12H21N3/c1-12(2,3)8-15-9-13-7-11(15)10-5-4-6-14-10/h7,9-10,14H,4-6,8H2,1-3H3. The van der Waals surface area contributed by atoms with Crippen molar-refractivity contribution in [1.82, 2.24) is 14.9 Å². The highest BCUT2D eigenvalue weighted by molar-refractivity contribution is 5.07. The molecule has 2 heterocycles. The molecular weight excluding hydrogens is 186 g/mol. The lowest BCUT2D eigenvalue weighted by Gasteiger charge is -2.22. The van der Waals surface area contributed by atoms with Crippen molar-refractivity contribution in [1.29, 1.82) is 0 Å². The number of hydrogen-bond donors (Lipinski definition) is 1. The molecule has 0 saturated carbocycles. The van der Waals surface area contributed by atoms with E-state index in [2.05, 4.69) is 35.6 Å². The van der Waals surface area contributed by atoms with E-state index in [9.17, 15) is 0 Å². The van der Waals surface area contributed by atoms with Crippen LogP contribution in [0.4, 0.5) is 0 Å². The summed E-state index contributed by atoms with van der Waals surface area (Å²) < 4.78 is 2.29. The summed E-state index contributed by atoms with van der Waals surface area (Å²) in [6, 6.07) is 0.523. The molecule has 15 heavy (non-hydrogen) atoms. The van der Waals surface area contributed by atoms with Crippen molar-refractivity contribution in [3.63, 3.8) is 0 Å². The van der Waals surface area contributed by atoms with Gasteiger partial charge in [-0.3, -0.25) is 0 Å². The van der Waals surface area contributed by atoms with Crippen LogP contribution >= 0.6 is 0 Å². The van der Waals surface area contributed by atoms with Gasteiger partial charge in [-0.1, -0.05) is 20.8 Å². The van der Waals surface area contributed by atoms with Gasteiger partial charge in [-0.15, -0.1) is 0 Å². The molecule has 1 saturated heterocycles. The molecule has 0 aromatic carbocycles. The lowest BCUT2D eigenvalue weighted by atomic mass is 9.96. The Kier molecular flexibility index (Phi) is 2.83. The molecule has 1 unspecified atom stereocenters. The van der Waals surface area contributed by atoms with Crippen LogP contribution in [0.2, 0.25) is 0 Å². The van der Waals surface area contributed by atoms with Crippen molar-refractivity contribution in [2.24, 2.45) is 5.41 Å². The zero-order chi connectivity index (χ0) is 10.9. The molecular formula is C12H21N3. The normalized spacial score (nSPS) is 22.2. The van der Waals surface area contributed by atoms with Crippen molar-refractivity contribution in [3.8, 4) is 0 Å². The quantitative estimate of drug-likeness (QED) is 0.806. The number of nitrogens with zero attached hydrogens (tertiary/aromatic N) is 2. The molecule has 1 atom stereocenters. The molecule has 0 bridgehead atoms. The Bertz CT molecular complexity index is 316. The van der Waals surface area contributed by atoms with Crippen LogP contribution in [0.3, 0.4) is 0 Å². The highest BCUT2D eigenvalue weighted by Gasteiger charge is 2.21. The first-order valence-electron chi connectivity index (χ1n) is 5.80. The highest BCUT2D eigenvalue weighted by Crippen LogP contribution is 2.25. The van der Waals surface area contributed by atoms with E-state index in [1.807, 2.05) is 12.5 Å². The molecule has 1 aromatic rings. The number of hydrogen-bond acceptors (Lipinski definition) is 2. The number of imidazole rings is 1. The number of aromatic nitrogens is 2. The van der Waals surface area contributed by atoms with Crippen LogP contribution in [0.15, 0.2) is 12.5 Å². The Morgan fingerprint density at radius 1 is 1.53 bits per heavy atom. The Hall–Kier alpha value is -0.830. The molecule has 0 spiro atoms. The molecule has 3 heteroatoms. The van der Waals surface area contributed by atoms with Gasteiger partial charge in [0.05, 0.1) is 12.0 Å². The summed E-state index contributed by atoms with van der Waals surface area (Å²) in [7, 11) is 0. The predicted octanol–water partition coefficient (Wildman–Crippen LogP) is 2.35. The largest absolute Gasteiger partial charge is 0.333 e. The van der Waals surface area contributed by atoms with Crippen LogP contribution in [0.25, 0.3) is 0 Å². The Balaban J connectivity index is 2.14. The Labute approximate surface area is 91.9 Å². The van der Waals surface area contributed by atoms with Crippen molar-refractivity contribution in [2.75, 3.05) is 6.54 Å². The highest BCUT2D eigenvalue weighted by atomic mass is 15.1. The van der Waals surface area contributed by atoms with Gasteiger partial charge in [-0.2, -0.15) is 0 Å². The minimum Gasteiger partial charge on any atom is -0.333 e. The first kappa shape index (κ1) is 10.7. The lowest BCUT2D eigenvalue weighted by molar-refractivity contribution is 0.333. The van der Waals surface area contributed by atoms with Gasteiger partial charge >= 0.3 is 0 Å². The van der Waals surface area contributed by atoms with E-state index in [1.165, 1.54) is 18.5 Å². The maximum atomic E-state index is 4.27. The number of rotatable bonds is 2. The topological polar surface area (TPSA) is 29.9 Å². The summed E-state index contributed by atoms with van der Waals surface area (Å²) in [5.74, 6) is 0. The minimum atomic E-state index is 0.314. The zero-order valence-corrected chi connectivity index (χ0v) is 9.95. The monoisotopic (exact) mass is 207 g/mol. The molecule has 2 rings (SSSR count). The SMILES string of the molecule is CC(C)(C)Cn1cncc1C1CCCN1. The van der Waals surface area contributed by atoms with Crippen molar-refractivity contribution in [3.05, 3.63) is 18.2 Å². The molecule has 1 fully saturated rings. The van der Waals surface area contributed by atoms with Gasteiger partial charge in [0.1, 0.15) is 0 Å². The summed E-state index contributed by atoms with van der Waals surface area (Å²) in [6.45, 7) is 8.97. The maximum absolute atomic E-state index is 4.27. The average molecular weight is 207 g/mol. The molecule has 1 aliphatic heterocycles. The third-order valence-electron chi connectivity index (χ3n) is 2.81. The third-order valence-corrected chi connectivity index (χ3v) is 2.81. The molecule has 1 aliphatic rings. The second kappa shape index (κ2) is 3.97. The van der Waals surface area contributed by atoms with Crippen LogP contribution in [-0.2, 0) is 6.54 Å². The van der Waals surface area contributed by atoms with Crippen molar-refractivity contribution in [2.45, 2.75) is 46.2 Å². The second-order valence-electron chi connectivity index (χ2n) is 5.66. The van der Waals surface area contributed by atoms with Gasteiger partial charge in [0.25, 0.3) is 0 Å². The van der Waals surface area contributed by atoms with Gasteiger partial charge in [-0.25, -0.2) is 4.98 Å². The molecule has 1 N–H and O–H groups in total. The lowest BCUT2D eigenvalue weighted by Crippen LogP contribution is -2.21. The average Bonchev–Trinajstić information content (AvgIpc) is 2.68. The maximum Gasteiger partial charge on any atom is 0.0948 e. The van der Waals surface area contributed by atoms with E-state index in [0.29, 0.717) is 11.5 Å². The van der Waals surface area contributed by atoms with Gasteiger partial charge in [0, 0.05) is 18.8 Å². The molecule has 0 aliphatic carbocycles. The summed E-state index contributed by atoms with van der Waals surface area (Å²) >= 11 is 0. The fourth-order valence-electron chi connectivity index (χ4n) is 2.20. The van der Waals surface area contributed by atoms with Crippen molar-refractivity contribution < 1.29 is 0 Å². The van der Waals surface area contributed by atoms with Crippen LogP contribution in [0, 0.1) is 5.41 Å². The van der Waals surface area contributed by atoms with Gasteiger partial charge in [0.2, 0.25) is 0 Å². The molecule has 3 nitrogen and oxygen atoms in total. The van der Waals surface area contributed by atoms with Crippen LogP contribution < -0.4 is 5.32 Å². The van der Waals surface area contributed by atoms with E-state index < -0.39 is 0 Å². The van der Waals surface area contributed by atoms with E-state index in [-0.39, 0.29) is 0 Å². The van der Waals surface area contributed by atoms with E-state index in [1.54, 1.807) is 0 Å². The van der Waals surface area contributed by atoms with Gasteiger partial charge in [-0.05, 0) is 24.8 Å². The second-order valence-corrected chi connectivity index (χ2v) is 5.66.